The molecule has 1 aliphatic rings. The normalized spacial score (nSPS) is 15.5. The van der Waals surface area contributed by atoms with Crippen LogP contribution in [0, 0.1) is 5.92 Å². The number of carboxylic acid groups (broad SMARTS) is 1. The highest BCUT2D eigenvalue weighted by Gasteiger charge is 2.23. The van der Waals surface area contributed by atoms with Gasteiger partial charge in [0.25, 0.3) is 0 Å². The molecule has 76 valence electrons. The summed E-state index contributed by atoms with van der Waals surface area (Å²) in [6.45, 7) is 1.06. The average molecular weight is 211 g/mol. The van der Waals surface area contributed by atoms with Gasteiger partial charge >= 0.3 is 5.97 Å². The van der Waals surface area contributed by atoms with Crippen molar-refractivity contribution in [2.45, 2.75) is 12.8 Å². The summed E-state index contributed by atoms with van der Waals surface area (Å²) in [5.74, 6) is -0.00329. The summed E-state index contributed by atoms with van der Waals surface area (Å²) < 4.78 is 0. The summed E-state index contributed by atoms with van der Waals surface area (Å²) in [5.41, 5.74) is 0. The first-order valence-electron chi connectivity index (χ1n) is 4.71. The van der Waals surface area contributed by atoms with Gasteiger partial charge < -0.3 is 10.0 Å². The first kappa shape index (κ1) is 9.52. The van der Waals surface area contributed by atoms with Gasteiger partial charge in [-0.3, -0.25) is 0 Å². The number of carboxylic acids is 1. The van der Waals surface area contributed by atoms with E-state index in [0.29, 0.717) is 4.88 Å². The largest absolute Gasteiger partial charge is 0.477 e. The van der Waals surface area contributed by atoms with Crippen LogP contribution in [0.15, 0.2) is 12.1 Å². The zero-order valence-electron chi connectivity index (χ0n) is 8.06. The van der Waals surface area contributed by atoms with Gasteiger partial charge in [0.05, 0.1) is 5.00 Å². The molecular formula is C10H13NO2S. The number of anilines is 1. The number of rotatable bonds is 4. The SMILES string of the molecule is CN(CC1CC1)c1ccc(C(=O)O)s1. The van der Waals surface area contributed by atoms with Crippen LogP contribution in [0.4, 0.5) is 5.00 Å². The molecule has 0 saturated heterocycles. The predicted molar refractivity (Wildman–Crippen MR) is 57.3 cm³/mol. The molecule has 1 aliphatic carbocycles. The molecule has 0 aromatic carbocycles. The number of aromatic carboxylic acids is 1. The van der Waals surface area contributed by atoms with Crippen LogP contribution >= 0.6 is 11.3 Å². The monoisotopic (exact) mass is 211 g/mol. The summed E-state index contributed by atoms with van der Waals surface area (Å²) >= 11 is 1.35. The molecule has 14 heavy (non-hydrogen) atoms. The van der Waals surface area contributed by atoms with E-state index in [1.54, 1.807) is 6.07 Å². The van der Waals surface area contributed by atoms with Gasteiger partial charge in [0.1, 0.15) is 4.88 Å². The molecule has 1 aromatic rings. The maximum atomic E-state index is 10.7. The molecule has 0 aliphatic heterocycles. The first-order chi connectivity index (χ1) is 6.66. The third-order valence-corrected chi connectivity index (χ3v) is 3.60. The Bertz CT molecular complexity index is 344. The van der Waals surface area contributed by atoms with Gasteiger partial charge in [-0.15, -0.1) is 11.3 Å². The molecule has 0 spiro atoms. The third-order valence-electron chi connectivity index (χ3n) is 2.41. The summed E-state index contributed by atoms with van der Waals surface area (Å²) in [6.07, 6.45) is 2.64. The second-order valence-corrected chi connectivity index (χ2v) is 4.83. The number of hydrogen-bond acceptors (Lipinski definition) is 3. The molecule has 1 fully saturated rings. The zero-order chi connectivity index (χ0) is 10.1. The minimum atomic E-state index is -0.832. The van der Waals surface area contributed by atoms with E-state index >= 15 is 0 Å². The Morgan fingerprint density at radius 2 is 2.36 bits per heavy atom. The summed E-state index contributed by atoms with van der Waals surface area (Å²) in [6, 6.07) is 3.56. The Hall–Kier alpha value is -1.03. The van der Waals surface area contributed by atoms with E-state index < -0.39 is 5.97 Å². The fraction of sp³-hybridized carbons (Fsp3) is 0.500. The fourth-order valence-corrected chi connectivity index (χ4v) is 2.24. The summed E-state index contributed by atoms with van der Waals surface area (Å²) in [5, 5.41) is 9.82. The molecular weight excluding hydrogens is 198 g/mol. The number of nitrogens with zero attached hydrogens (tertiary/aromatic N) is 1. The molecule has 2 rings (SSSR count). The van der Waals surface area contributed by atoms with Crippen molar-refractivity contribution in [2.24, 2.45) is 5.92 Å². The Balaban J connectivity index is 2.03. The molecule has 0 atom stereocenters. The van der Waals surface area contributed by atoms with Crippen molar-refractivity contribution in [3.63, 3.8) is 0 Å². The lowest BCUT2D eigenvalue weighted by Crippen LogP contribution is -2.18. The van der Waals surface area contributed by atoms with Gasteiger partial charge in [-0.1, -0.05) is 0 Å². The van der Waals surface area contributed by atoms with Crippen LogP contribution in [0.25, 0.3) is 0 Å². The van der Waals surface area contributed by atoms with Crippen LogP contribution < -0.4 is 4.90 Å². The van der Waals surface area contributed by atoms with Crippen molar-refractivity contribution < 1.29 is 9.90 Å². The summed E-state index contributed by atoms with van der Waals surface area (Å²) in [4.78, 5) is 13.2. The zero-order valence-corrected chi connectivity index (χ0v) is 8.88. The highest BCUT2D eigenvalue weighted by atomic mass is 32.1. The third kappa shape index (κ3) is 2.07. The first-order valence-corrected chi connectivity index (χ1v) is 5.52. The van der Waals surface area contributed by atoms with E-state index in [0.717, 1.165) is 17.5 Å². The van der Waals surface area contributed by atoms with E-state index in [9.17, 15) is 4.79 Å². The smallest absolute Gasteiger partial charge is 0.345 e. The van der Waals surface area contributed by atoms with Crippen molar-refractivity contribution in [1.29, 1.82) is 0 Å². The van der Waals surface area contributed by atoms with Crippen LogP contribution in [0.2, 0.25) is 0 Å². The van der Waals surface area contributed by atoms with Gasteiger partial charge in [0, 0.05) is 13.6 Å². The summed E-state index contributed by atoms with van der Waals surface area (Å²) in [7, 11) is 2.02. The standard InChI is InChI=1S/C10H13NO2S/c1-11(6-7-2-3-7)9-5-4-8(14-9)10(12)13/h4-5,7H,2-3,6H2,1H3,(H,12,13). The van der Waals surface area contributed by atoms with Crippen LogP contribution in [0.3, 0.4) is 0 Å². The van der Waals surface area contributed by atoms with Gasteiger partial charge in [0.15, 0.2) is 0 Å². The van der Waals surface area contributed by atoms with Gasteiger partial charge in [0.2, 0.25) is 0 Å². The number of thiophene rings is 1. The van der Waals surface area contributed by atoms with Crippen molar-refractivity contribution in [3.05, 3.63) is 17.0 Å². The predicted octanol–water partition coefficient (Wildman–Crippen LogP) is 2.29. The van der Waals surface area contributed by atoms with E-state index in [1.807, 2.05) is 13.1 Å². The fourth-order valence-electron chi connectivity index (χ4n) is 1.43. The van der Waals surface area contributed by atoms with E-state index in [4.69, 9.17) is 5.11 Å². The average Bonchev–Trinajstić information content (AvgIpc) is 2.81. The molecule has 1 aromatic heterocycles. The Kier molecular flexibility index (Phi) is 2.46. The van der Waals surface area contributed by atoms with Gasteiger partial charge in [-0.25, -0.2) is 4.79 Å². The molecule has 0 amide bonds. The lowest BCUT2D eigenvalue weighted by atomic mass is 10.4. The Labute approximate surface area is 87.0 Å². The van der Waals surface area contributed by atoms with E-state index in [1.165, 1.54) is 24.2 Å². The van der Waals surface area contributed by atoms with Crippen LogP contribution in [0.5, 0.6) is 0 Å². The molecule has 1 heterocycles. The number of carbonyl (C=O) groups is 1. The van der Waals surface area contributed by atoms with Crippen molar-refractivity contribution >= 4 is 22.3 Å². The maximum absolute atomic E-state index is 10.7. The maximum Gasteiger partial charge on any atom is 0.345 e. The van der Waals surface area contributed by atoms with Crippen molar-refractivity contribution in [3.8, 4) is 0 Å². The molecule has 0 unspecified atom stereocenters. The van der Waals surface area contributed by atoms with Crippen LogP contribution in [-0.4, -0.2) is 24.7 Å². The van der Waals surface area contributed by atoms with Crippen LogP contribution in [0.1, 0.15) is 22.5 Å². The molecule has 0 bridgehead atoms. The quantitative estimate of drug-likeness (QED) is 0.830. The van der Waals surface area contributed by atoms with Crippen LogP contribution in [-0.2, 0) is 0 Å². The minimum Gasteiger partial charge on any atom is -0.477 e. The van der Waals surface area contributed by atoms with E-state index in [2.05, 4.69) is 4.90 Å². The Morgan fingerprint density at radius 3 is 2.86 bits per heavy atom. The highest BCUT2D eigenvalue weighted by Crippen LogP contribution is 2.33. The molecule has 4 heteroatoms. The second kappa shape index (κ2) is 3.61. The Morgan fingerprint density at radius 1 is 1.64 bits per heavy atom. The lowest BCUT2D eigenvalue weighted by Gasteiger charge is -2.15. The van der Waals surface area contributed by atoms with Gasteiger partial charge in [-0.05, 0) is 30.9 Å². The molecule has 1 saturated carbocycles. The van der Waals surface area contributed by atoms with Crippen molar-refractivity contribution in [1.82, 2.24) is 0 Å². The molecule has 0 radical (unpaired) electrons. The second-order valence-electron chi connectivity index (χ2n) is 3.77. The molecule has 3 nitrogen and oxygen atoms in total. The van der Waals surface area contributed by atoms with E-state index in [-0.39, 0.29) is 0 Å². The topological polar surface area (TPSA) is 40.5 Å². The number of hydrogen-bond donors (Lipinski definition) is 1. The minimum absolute atomic E-state index is 0.419. The van der Waals surface area contributed by atoms with Gasteiger partial charge in [-0.2, -0.15) is 0 Å². The highest BCUT2D eigenvalue weighted by molar-refractivity contribution is 7.17. The van der Waals surface area contributed by atoms with Crippen molar-refractivity contribution in [2.75, 3.05) is 18.5 Å². The lowest BCUT2D eigenvalue weighted by molar-refractivity contribution is 0.0702. The molecule has 1 N–H and O–H groups in total.